The van der Waals surface area contributed by atoms with Gasteiger partial charge in [-0.1, -0.05) is 6.07 Å². The molecule has 0 bridgehead atoms. The van der Waals surface area contributed by atoms with E-state index in [1.165, 1.54) is 16.8 Å². The largest absolute Gasteiger partial charge is 0.493 e. The molecule has 3 heterocycles. The number of aryl methyl sites for hydroxylation is 2. The van der Waals surface area contributed by atoms with Gasteiger partial charge in [0.1, 0.15) is 0 Å². The maximum Gasteiger partial charge on any atom is 0.417 e. The van der Waals surface area contributed by atoms with Crippen LogP contribution in [0.25, 0.3) is 11.3 Å². The lowest BCUT2D eigenvalue weighted by Gasteiger charge is -2.44. The van der Waals surface area contributed by atoms with Crippen LogP contribution in [0.2, 0.25) is 0 Å². The van der Waals surface area contributed by atoms with E-state index < -0.39 is 54.0 Å². The number of halogens is 5. The molecule has 1 aromatic carbocycles. The molecule has 4 rings (SSSR count). The van der Waals surface area contributed by atoms with Crippen molar-refractivity contribution < 1.29 is 31.4 Å². The Morgan fingerprint density at radius 1 is 1.23 bits per heavy atom. The van der Waals surface area contributed by atoms with Gasteiger partial charge in [0.25, 0.3) is 0 Å². The van der Waals surface area contributed by atoms with Crippen molar-refractivity contribution in [3.05, 3.63) is 69.3 Å². The number of methoxy groups -OCH3 is 1. The summed E-state index contributed by atoms with van der Waals surface area (Å²) < 4.78 is 82.5. The third-order valence-corrected chi connectivity index (χ3v) is 6.50. The van der Waals surface area contributed by atoms with Gasteiger partial charge in [-0.3, -0.25) is 9.48 Å². The Hall–Kier alpha value is -3.21. The maximum atomic E-state index is 14.6. The zero-order valence-electron chi connectivity index (χ0n) is 19.5. The predicted molar refractivity (Wildman–Crippen MR) is 117 cm³/mol. The molecule has 11 heteroatoms. The van der Waals surface area contributed by atoms with Gasteiger partial charge in [0.2, 0.25) is 5.82 Å². The van der Waals surface area contributed by atoms with Gasteiger partial charge >= 0.3 is 6.18 Å². The Morgan fingerprint density at radius 3 is 2.54 bits per heavy atom. The van der Waals surface area contributed by atoms with Crippen LogP contribution >= 0.6 is 0 Å². The monoisotopic (exact) mass is 497 g/mol. The number of nitrogens with one attached hydrogen (secondary N) is 1. The highest BCUT2D eigenvalue weighted by Crippen LogP contribution is 2.52. The van der Waals surface area contributed by atoms with E-state index in [1.807, 2.05) is 0 Å². The summed E-state index contributed by atoms with van der Waals surface area (Å²) in [5, 5.41) is 4.29. The second kappa shape index (κ2) is 8.78. The summed E-state index contributed by atoms with van der Waals surface area (Å²) in [5.41, 5.74) is -1.62. The Labute approximate surface area is 197 Å². The third-order valence-electron chi connectivity index (χ3n) is 6.50. The highest BCUT2D eigenvalue weighted by Gasteiger charge is 2.57. The van der Waals surface area contributed by atoms with E-state index >= 15 is 0 Å². The molecular weight excluding hydrogens is 473 g/mol. The highest BCUT2D eigenvalue weighted by molar-refractivity contribution is 5.63. The van der Waals surface area contributed by atoms with Crippen LogP contribution in [0.15, 0.2) is 35.3 Å². The van der Waals surface area contributed by atoms with E-state index in [4.69, 9.17) is 9.47 Å². The van der Waals surface area contributed by atoms with Crippen LogP contribution < -0.4 is 10.2 Å². The SMILES string of the molecule is COc1c([C@@H]2C[C@](C)(C(F)(F)F)OC[C@H]2c2[nH]c(C)cc(=O)c2-c2ccn(C)n2)ccc(F)c1F. The molecule has 0 saturated carbocycles. The van der Waals surface area contributed by atoms with Crippen LogP contribution in [0.4, 0.5) is 22.0 Å². The lowest BCUT2D eigenvalue weighted by Crippen LogP contribution is -2.51. The first kappa shape index (κ1) is 24.9. The first-order chi connectivity index (χ1) is 16.4. The molecule has 1 aliphatic heterocycles. The number of rotatable bonds is 4. The average molecular weight is 497 g/mol. The van der Waals surface area contributed by atoms with E-state index in [0.717, 1.165) is 20.1 Å². The molecule has 1 fully saturated rings. The molecule has 1 aliphatic rings. The van der Waals surface area contributed by atoms with Crippen molar-refractivity contribution in [3.8, 4) is 17.0 Å². The van der Waals surface area contributed by atoms with Crippen molar-refractivity contribution in [2.75, 3.05) is 13.7 Å². The van der Waals surface area contributed by atoms with E-state index in [2.05, 4.69) is 10.1 Å². The summed E-state index contributed by atoms with van der Waals surface area (Å²) in [7, 11) is 2.78. The van der Waals surface area contributed by atoms with Gasteiger partial charge in [0.05, 0.1) is 25.0 Å². The second-order valence-corrected chi connectivity index (χ2v) is 8.92. The molecule has 1 saturated heterocycles. The van der Waals surface area contributed by atoms with Crippen molar-refractivity contribution in [3.63, 3.8) is 0 Å². The number of aromatic nitrogens is 3. The fourth-order valence-corrected chi connectivity index (χ4v) is 4.67. The molecule has 0 spiro atoms. The highest BCUT2D eigenvalue weighted by atomic mass is 19.4. The van der Waals surface area contributed by atoms with Crippen molar-refractivity contribution in [1.29, 1.82) is 0 Å². The summed E-state index contributed by atoms with van der Waals surface area (Å²) in [6, 6.07) is 5.04. The number of hydrogen-bond acceptors (Lipinski definition) is 4. The van der Waals surface area contributed by atoms with Crippen LogP contribution in [0.1, 0.15) is 42.1 Å². The zero-order chi connectivity index (χ0) is 25.7. The molecule has 35 heavy (non-hydrogen) atoms. The van der Waals surface area contributed by atoms with E-state index in [1.54, 1.807) is 26.2 Å². The van der Waals surface area contributed by atoms with Crippen molar-refractivity contribution in [2.24, 2.45) is 7.05 Å². The van der Waals surface area contributed by atoms with Gasteiger partial charge in [-0.05, 0) is 32.4 Å². The van der Waals surface area contributed by atoms with Gasteiger partial charge in [0.15, 0.2) is 22.6 Å². The quantitative estimate of drug-likeness (QED) is 0.517. The van der Waals surface area contributed by atoms with Crippen LogP contribution in [0.5, 0.6) is 5.75 Å². The van der Waals surface area contributed by atoms with E-state index in [-0.39, 0.29) is 16.6 Å². The molecule has 0 radical (unpaired) electrons. The minimum absolute atomic E-state index is 0.0458. The summed E-state index contributed by atoms with van der Waals surface area (Å²) in [5.74, 6) is -4.87. The summed E-state index contributed by atoms with van der Waals surface area (Å²) in [6.07, 6.45) is -3.71. The number of aromatic amines is 1. The first-order valence-electron chi connectivity index (χ1n) is 10.8. The molecular formula is C24H24F5N3O3. The van der Waals surface area contributed by atoms with Crippen LogP contribution in [0.3, 0.4) is 0 Å². The molecule has 1 N–H and O–H groups in total. The van der Waals surface area contributed by atoms with Crippen LogP contribution in [0, 0.1) is 18.6 Å². The summed E-state index contributed by atoms with van der Waals surface area (Å²) in [4.78, 5) is 16.1. The minimum Gasteiger partial charge on any atom is -0.493 e. The van der Waals surface area contributed by atoms with Crippen molar-refractivity contribution in [2.45, 2.75) is 43.9 Å². The molecule has 3 atom stereocenters. The topological polar surface area (TPSA) is 69.1 Å². The molecule has 3 aromatic rings. The van der Waals surface area contributed by atoms with Crippen LogP contribution in [-0.4, -0.2) is 40.3 Å². The first-order valence-corrected chi connectivity index (χ1v) is 10.8. The number of hydrogen-bond donors (Lipinski definition) is 1. The third kappa shape index (κ3) is 4.33. The van der Waals surface area contributed by atoms with Crippen LogP contribution in [-0.2, 0) is 11.8 Å². The number of H-pyrrole nitrogens is 1. The molecule has 0 aliphatic carbocycles. The molecule has 2 aromatic heterocycles. The fourth-order valence-electron chi connectivity index (χ4n) is 4.67. The average Bonchev–Trinajstić information content (AvgIpc) is 3.19. The van der Waals surface area contributed by atoms with Gasteiger partial charge in [-0.15, -0.1) is 0 Å². The van der Waals surface area contributed by atoms with Gasteiger partial charge in [-0.2, -0.15) is 22.7 Å². The number of benzene rings is 1. The number of nitrogens with zero attached hydrogens (tertiary/aromatic N) is 2. The molecule has 188 valence electrons. The smallest absolute Gasteiger partial charge is 0.417 e. The Morgan fingerprint density at radius 2 is 1.94 bits per heavy atom. The standard InChI is InChI=1S/C24H24F5N3O3/c1-12-9-18(33)19(17-7-8-32(3)31-17)21(30-12)15-11-35-23(2,24(27,28)29)10-14(15)13-5-6-16(25)20(26)22(13)34-4/h5-9,14-15H,10-11H2,1-4H3,(H,30,33)/t14-,15+,23+/m0/s1. The van der Waals surface area contributed by atoms with E-state index in [9.17, 15) is 26.7 Å². The van der Waals surface area contributed by atoms with Crippen molar-refractivity contribution in [1.82, 2.24) is 14.8 Å². The summed E-state index contributed by atoms with van der Waals surface area (Å²) in [6.45, 7) is 2.12. The number of ether oxygens (including phenoxy) is 2. The fraction of sp³-hybridized carbons (Fsp3) is 0.417. The Bertz CT molecular complexity index is 1320. The second-order valence-electron chi connectivity index (χ2n) is 8.92. The molecule has 6 nitrogen and oxygen atoms in total. The lowest BCUT2D eigenvalue weighted by atomic mass is 9.73. The lowest BCUT2D eigenvalue weighted by molar-refractivity contribution is -0.286. The Balaban J connectivity index is 1.96. The zero-order valence-corrected chi connectivity index (χ0v) is 19.5. The molecule has 0 unspecified atom stereocenters. The Kier molecular flexibility index (Phi) is 6.25. The van der Waals surface area contributed by atoms with Gasteiger partial charge < -0.3 is 14.5 Å². The maximum absolute atomic E-state index is 14.6. The normalized spacial score (nSPS) is 22.9. The van der Waals surface area contributed by atoms with Gasteiger partial charge in [0, 0.05) is 48.1 Å². The predicted octanol–water partition coefficient (Wildman–Crippen LogP) is 4.98. The minimum atomic E-state index is -4.73. The number of pyridine rings is 1. The van der Waals surface area contributed by atoms with E-state index in [0.29, 0.717) is 17.1 Å². The number of alkyl halides is 3. The molecule has 0 amide bonds. The van der Waals surface area contributed by atoms with Crippen molar-refractivity contribution >= 4 is 0 Å². The van der Waals surface area contributed by atoms with Gasteiger partial charge in [-0.25, -0.2) is 4.39 Å². The summed E-state index contributed by atoms with van der Waals surface area (Å²) >= 11 is 0.